The van der Waals surface area contributed by atoms with Gasteiger partial charge in [0.05, 0.1) is 24.6 Å². The summed E-state index contributed by atoms with van der Waals surface area (Å²) in [5, 5.41) is 15.1. The van der Waals surface area contributed by atoms with Gasteiger partial charge in [-0.05, 0) is 75.0 Å². The van der Waals surface area contributed by atoms with Crippen LogP contribution in [0.3, 0.4) is 0 Å². The number of aliphatic hydroxyl groups is 1. The number of benzene rings is 2. The average Bonchev–Trinajstić information content (AvgIpc) is 3.22. The van der Waals surface area contributed by atoms with Crippen LogP contribution in [0, 0.1) is 18.7 Å². The van der Waals surface area contributed by atoms with E-state index in [0.29, 0.717) is 5.92 Å². The Hall–Kier alpha value is -2.70. The number of likely N-dealkylation sites (tertiary alicyclic amines) is 1. The number of halogens is 1. The first-order valence-corrected chi connectivity index (χ1v) is 11.4. The summed E-state index contributed by atoms with van der Waals surface area (Å²) >= 11 is 0. The molecule has 0 bridgehead atoms. The Morgan fingerprint density at radius 1 is 1.19 bits per heavy atom. The standard InChI is InChI=1S/C26H32FN3O2/c1-4-24(31)19-11-13-29(14-12-19)16-21-17-30(23-8-6-5-7-18(23)2)28-26(21)20-9-10-25(32-3)22(27)15-20/h5-10,15,17,19,24,31H,4,11-14,16H2,1-3H3/t24-/m1/s1. The summed E-state index contributed by atoms with van der Waals surface area (Å²) in [4.78, 5) is 2.40. The van der Waals surface area contributed by atoms with Gasteiger partial charge in [0.15, 0.2) is 11.6 Å². The summed E-state index contributed by atoms with van der Waals surface area (Å²) in [7, 11) is 1.47. The fraction of sp³-hybridized carbons (Fsp3) is 0.423. The van der Waals surface area contributed by atoms with Gasteiger partial charge in [-0.3, -0.25) is 4.90 Å². The fourth-order valence-corrected chi connectivity index (χ4v) is 4.60. The Kier molecular flexibility index (Phi) is 6.92. The van der Waals surface area contributed by atoms with Crippen LogP contribution in [0.4, 0.5) is 4.39 Å². The number of aryl methyl sites for hydroxylation is 1. The minimum atomic E-state index is -0.393. The van der Waals surface area contributed by atoms with E-state index in [2.05, 4.69) is 24.1 Å². The van der Waals surface area contributed by atoms with Crippen LogP contribution in [0.15, 0.2) is 48.7 Å². The van der Waals surface area contributed by atoms with E-state index >= 15 is 0 Å². The molecule has 32 heavy (non-hydrogen) atoms. The van der Waals surface area contributed by atoms with Crippen molar-refractivity contribution >= 4 is 0 Å². The molecule has 0 amide bonds. The Bertz CT molecular complexity index is 1060. The van der Waals surface area contributed by atoms with E-state index in [1.807, 2.05) is 35.9 Å². The van der Waals surface area contributed by atoms with Crippen LogP contribution >= 0.6 is 0 Å². The van der Waals surface area contributed by atoms with E-state index in [0.717, 1.165) is 67.0 Å². The molecule has 1 saturated heterocycles. The van der Waals surface area contributed by atoms with Crippen molar-refractivity contribution in [1.82, 2.24) is 14.7 Å². The number of hydrogen-bond donors (Lipinski definition) is 1. The molecule has 1 N–H and O–H groups in total. The maximum atomic E-state index is 14.5. The smallest absolute Gasteiger partial charge is 0.165 e. The minimum Gasteiger partial charge on any atom is -0.494 e. The first-order valence-electron chi connectivity index (χ1n) is 11.4. The third-order valence-corrected chi connectivity index (χ3v) is 6.57. The average molecular weight is 438 g/mol. The van der Waals surface area contributed by atoms with Crippen molar-refractivity contribution in [3.63, 3.8) is 0 Å². The summed E-state index contributed by atoms with van der Waals surface area (Å²) in [6.45, 7) is 6.72. The first kappa shape index (κ1) is 22.5. The summed E-state index contributed by atoms with van der Waals surface area (Å²) in [6, 6.07) is 13.1. The van der Waals surface area contributed by atoms with Crippen molar-refractivity contribution in [2.45, 2.75) is 45.8 Å². The molecular weight excluding hydrogens is 405 g/mol. The van der Waals surface area contributed by atoms with E-state index in [1.54, 1.807) is 6.07 Å². The van der Waals surface area contributed by atoms with Crippen LogP contribution in [0.5, 0.6) is 5.75 Å². The normalized spacial score (nSPS) is 16.3. The van der Waals surface area contributed by atoms with Crippen molar-refractivity contribution in [1.29, 1.82) is 0 Å². The van der Waals surface area contributed by atoms with E-state index in [4.69, 9.17) is 9.84 Å². The highest BCUT2D eigenvalue weighted by Gasteiger charge is 2.25. The second-order valence-corrected chi connectivity index (χ2v) is 8.67. The zero-order valence-electron chi connectivity index (χ0n) is 19.1. The van der Waals surface area contributed by atoms with Gasteiger partial charge in [-0.1, -0.05) is 25.1 Å². The van der Waals surface area contributed by atoms with E-state index in [-0.39, 0.29) is 11.9 Å². The van der Waals surface area contributed by atoms with Gasteiger partial charge in [0.25, 0.3) is 0 Å². The number of aliphatic hydroxyl groups excluding tert-OH is 1. The van der Waals surface area contributed by atoms with Crippen LogP contribution in [-0.2, 0) is 6.54 Å². The van der Waals surface area contributed by atoms with Crippen molar-refractivity contribution < 1.29 is 14.2 Å². The van der Waals surface area contributed by atoms with Gasteiger partial charge in [-0.15, -0.1) is 0 Å². The zero-order chi connectivity index (χ0) is 22.7. The molecule has 0 unspecified atom stereocenters. The lowest BCUT2D eigenvalue weighted by atomic mass is 9.90. The van der Waals surface area contributed by atoms with Crippen LogP contribution in [-0.4, -0.2) is 46.1 Å². The second kappa shape index (κ2) is 9.84. The van der Waals surface area contributed by atoms with Gasteiger partial charge in [-0.2, -0.15) is 5.10 Å². The number of para-hydroxylation sites is 1. The molecule has 6 heteroatoms. The summed E-state index contributed by atoms with van der Waals surface area (Å²) in [5.41, 5.74) is 4.72. The number of methoxy groups -OCH3 is 1. The summed E-state index contributed by atoms with van der Waals surface area (Å²) < 4.78 is 21.5. The fourth-order valence-electron chi connectivity index (χ4n) is 4.60. The van der Waals surface area contributed by atoms with Gasteiger partial charge in [0, 0.05) is 23.9 Å². The Labute approximate surface area is 189 Å². The van der Waals surface area contributed by atoms with Crippen molar-refractivity contribution in [2.75, 3.05) is 20.2 Å². The highest BCUT2D eigenvalue weighted by atomic mass is 19.1. The zero-order valence-corrected chi connectivity index (χ0v) is 19.1. The number of hydrogen-bond acceptors (Lipinski definition) is 4. The topological polar surface area (TPSA) is 50.5 Å². The van der Waals surface area contributed by atoms with Crippen LogP contribution in [0.2, 0.25) is 0 Å². The summed E-state index contributed by atoms with van der Waals surface area (Å²) in [6.07, 6.45) is 4.65. The van der Waals surface area contributed by atoms with Gasteiger partial charge >= 0.3 is 0 Å². The molecule has 1 atom stereocenters. The predicted octanol–water partition coefficient (Wildman–Crippen LogP) is 4.98. The molecule has 1 aliphatic rings. The SMILES string of the molecule is CC[C@@H](O)C1CCN(Cc2cn(-c3ccccc3C)nc2-c2ccc(OC)c(F)c2)CC1. The number of piperidine rings is 1. The molecule has 0 spiro atoms. The second-order valence-electron chi connectivity index (χ2n) is 8.67. The lowest BCUT2D eigenvalue weighted by molar-refractivity contribution is 0.0550. The molecule has 170 valence electrons. The first-order chi connectivity index (χ1) is 15.5. The number of rotatable bonds is 7. The van der Waals surface area contributed by atoms with Crippen LogP contribution < -0.4 is 4.74 Å². The van der Waals surface area contributed by atoms with Gasteiger partial charge < -0.3 is 9.84 Å². The highest BCUT2D eigenvalue weighted by molar-refractivity contribution is 5.64. The predicted molar refractivity (Wildman–Crippen MR) is 125 cm³/mol. The van der Waals surface area contributed by atoms with Gasteiger partial charge in [0.2, 0.25) is 0 Å². The van der Waals surface area contributed by atoms with Crippen molar-refractivity contribution in [2.24, 2.45) is 5.92 Å². The quantitative estimate of drug-likeness (QED) is 0.567. The van der Waals surface area contributed by atoms with Crippen LogP contribution in [0.1, 0.15) is 37.3 Å². The van der Waals surface area contributed by atoms with Gasteiger partial charge in [-0.25, -0.2) is 9.07 Å². The molecule has 2 heterocycles. The number of nitrogens with zero attached hydrogens (tertiary/aromatic N) is 3. The Morgan fingerprint density at radius 2 is 1.94 bits per heavy atom. The van der Waals surface area contributed by atoms with Gasteiger partial charge in [0.1, 0.15) is 0 Å². The largest absolute Gasteiger partial charge is 0.494 e. The lowest BCUT2D eigenvalue weighted by Crippen LogP contribution is -2.37. The molecule has 1 fully saturated rings. The highest BCUT2D eigenvalue weighted by Crippen LogP contribution is 2.30. The molecule has 1 aromatic heterocycles. The third kappa shape index (κ3) is 4.71. The third-order valence-electron chi connectivity index (χ3n) is 6.57. The molecule has 2 aromatic carbocycles. The minimum absolute atomic E-state index is 0.209. The lowest BCUT2D eigenvalue weighted by Gasteiger charge is -2.33. The Balaban J connectivity index is 1.65. The van der Waals surface area contributed by atoms with Crippen LogP contribution in [0.25, 0.3) is 16.9 Å². The molecule has 1 aliphatic heterocycles. The van der Waals surface area contributed by atoms with Crippen molar-refractivity contribution in [3.8, 4) is 22.7 Å². The maximum Gasteiger partial charge on any atom is 0.165 e. The van der Waals surface area contributed by atoms with Crippen molar-refractivity contribution in [3.05, 3.63) is 65.6 Å². The number of ether oxygens (including phenoxy) is 1. The molecule has 0 aliphatic carbocycles. The molecule has 0 radical (unpaired) electrons. The molecular formula is C26H32FN3O2. The molecule has 0 saturated carbocycles. The number of aromatic nitrogens is 2. The summed E-state index contributed by atoms with van der Waals surface area (Å²) in [5.74, 6) is 0.210. The van der Waals surface area contributed by atoms with E-state index in [1.165, 1.54) is 13.2 Å². The molecule has 3 aromatic rings. The monoisotopic (exact) mass is 437 g/mol. The molecule has 5 nitrogen and oxygen atoms in total. The molecule has 4 rings (SSSR count). The Morgan fingerprint density at radius 3 is 2.59 bits per heavy atom. The van der Waals surface area contributed by atoms with E-state index in [9.17, 15) is 9.50 Å². The van der Waals surface area contributed by atoms with E-state index < -0.39 is 5.82 Å². The maximum absolute atomic E-state index is 14.5.